The molecule has 0 aromatic heterocycles. The Kier molecular flexibility index (Phi) is 6.91. The molecule has 0 unspecified atom stereocenters. The third-order valence-electron chi connectivity index (χ3n) is 3.27. The number of carbonyl (C=O) groups is 1. The summed E-state index contributed by atoms with van der Waals surface area (Å²) in [6, 6.07) is 14.5. The van der Waals surface area contributed by atoms with Crippen molar-refractivity contribution >= 4 is 11.6 Å². The highest BCUT2D eigenvalue weighted by Crippen LogP contribution is 2.16. The van der Waals surface area contributed by atoms with Gasteiger partial charge in [-0.25, -0.2) is 0 Å². The Morgan fingerprint density at radius 1 is 0.875 bits per heavy atom. The molecule has 6 nitrogen and oxygen atoms in total. The van der Waals surface area contributed by atoms with Crippen LogP contribution in [0.5, 0.6) is 17.2 Å². The van der Waals surface area contributed by atoms with Gasteiger partial charge in [0.25, 0.3) is 0 Å². The molecular weight excluding hydrogens is 308 g/mol. The Morgan fingerprint density at radius 2 is 1.42 bits per heavy atom. The van der Waals surface area contributed by atoms with Crippen molar-refractivity contribution in [1.82, 2.24) is 5.32 Å². The van der Waals surface area contributed by atoms with E-state index in [1.54, 1.807) is 38.5 Å². The summed E-state index contributed by atoms with van der Waals surface area (Å²) in [5, 5.41) is 5.84. The highest BCUT2D eigenvalue weighted by molar-refractivity contribution is 5.92. The maximum atomic E-state index is 11.8. The minimum atomic E-state index is -0.107. The van der Waals surface area contributed by atoms with Gasteiger partial charge in [0.1, 0.15) is 23.9 Å². The second kappa shape index (κ2) is 9.42. The summed E-state index contributed by atoms with van der Waals surface area (Å²) >= 11 is 0. The van der Waals surface area contributed by atoms with E-state index in [-0.39, 0.29) is 12.5 Å². The van der Waals surface area contributed by atoms with Gasteiger partial charge in [-0.2, -0.15) is 0 Å². The highest BCUT2D eigenvalue weighted by atomic mass is 16.5. The zero-order chi connectivity index (χ0) is 17.2. The number of amides is 1. The summed E-state index contributed by atoms with van der Waals surface area (Å²) < 4.78 is 15.7. The second-order valence-corrected chi connectivity index (χ2v) is 4.98. The van der Waals surface area contributed by atoms with Gasteiger partial charge in [0.05, 0.1) is 20.8 Å². The van der Waals surface area contributed by atoms with Crippen LogP contribution in [0.15, 0.2) is 48.5 Å². The third-order valence-corrected chi connectivity index (χ3v) is 3.27. The molecule has 6 heteroatoms. The monoisotopic (exact) mass is 330 g/mol. The Labute approximate surface area is 141 Å². The Balaban J connectivity index is 1.61. The van der Waals surface area contributed by atoms with Gasteiger partial charge in [0.2, 0.25) is 5.91 Å². The number of hydrogen-bond donors (Lipinski definition) is 2. The van der Waals surface area contributed by atoms with Gasteiger partial charge in [-0.1, -0.05) is 0 Å². The molecule has 0 saturated heterocycles. The zero-order valence-corrected chi connectivity index (χ0v) is 13.9. The summed E-state index contributed by atoms with van der Waals surface area (Å²) in [6.45, 7) is 1.27. The lowest BCUT2D eigenvalue weighted by atomic mass is 10.3. The van der Waals surface area contributed by atoms with Crippen molar-refractivity contribution in [2.24, 2.45) is 0 Å². The first kappa shape index (κ1) is 17.6. The molecule has 2 rings (SSSR count). The number of rotatable bonds is 9. The van der Waals surface area contributed by atoms with Crippen LogP contribution >= 0.6 is 0 Å². The van der Waals surface area contributed by atoms with Crippen LogP contribution in [0, 0.1) is 0 Å². The van der Waals surface area contributed by atoms with Crippen molar-refractivity contribution in [2.75, 3.05) is 39.2 Å². The van der Waals surface area contributed by atoms with E-state index in [0.29, 0.717) is 13.2 Å². The smallest absolute Gasteiger partial charge is 0.238 e. The quantitative estimate of drug-likeness (QED) is 0.691. The van der Waals surface area contributed by atoms with Crippen LogP contribution in [-0.2, 0) is 4.79 Å². The summed E-state index contributed by atoms with van der Waals surface area (Å²) in [6.07, 6.45) is 0. The van der Waals surface area contributed by atoms with E-state index in [9.17, 15) is 4.79 Å². The molecule has 0 bridgehead atoms. The molecule has 0 aliphatic carbocycles. The lowest BCUT2D eigenvalue weighted by molar-refractivity contribution is -0.115. The molecule has 0 atom stereocenters. The second-order valence-electron chi connectivity index (χ2n) is 4.98. The largest absolute Gasteiger partial charge is 0.497 e. The predicted octanol–water partition coefficient (Wildman–Crippen LogP) is 2.31. The molecule has 0 spiro atoms. The first-order valence-corrected chi connectivity index (χ1v) is 7.63. The topological polar surface area (TPSA) is 68.8 Å². The van der Waals surface area contributed by atoms with E-state index in [1.807, 2.05) is 24.3 Å². The molecule has 0 aliphatic heterocycles. The molecular formula is C18H22N2O4. The molecule has 0 aliphatic rings. The fourth-order valence-electron chi connectivity index (χ4n) is 1.99. The molecule has 128 valence electrons. The van der Waals surface area contributed by atoms with Gasteiger partial charge in [-0.15, -0.1) is 0 Å². The van der Waals surface area contributed by atoms with Gasteiger partial charge in [0, 0.05) is 12.2 Å². The molecule has 0 heterocycles. The van der Waals surface area contributed by atoms with Gasteiger partial charge < -0.3 is 24.8 Å². The van der Waals surface area contributed by atoms with Gasteiger partial charge in [-0.3, -0.25) is 4.79 Å². The predicted molar refractivity (Wildman–Crippen MR) is 93.0 cm³/mol. The summed E-state index contributed by atoms with van der Waals surface area (Å²) in [7, 11) is 3.22. The number of carbonyl (C=O) groups excluding carboxylic acids is 1. The Morgan fingerprint density at radius 3 is 2.00 bits per heavy atom. The summed E-state index contributed by atoms with van der Waals surface area (Å²) in [4.78, 5) is 11.8. The lowest BCUT2D eigenvalue weighted by Gasteiger charge is -2.09. The van der Waals surface area contributed by atoms with Crippen LogP contribution in [0.1, 0.15) is 0 Å². The van der Waals surface area contributed by atoms with Crippen molar-refractivity contribution in [3.63, 3.8) is 0 Å². The van der Waals surface area contributed by atoms with E-state index >= 15 is 0 Å². The van der Waals surface area contributed by atoms with Crippen molar-refractivity contribution in [1.29, 1.82) is 0 Å². The van der Waals surface area contributed by atoms with Gasteiger partial charge in [0.15, 0.2) is 0 Å². The Bertz CT molecular complexity index is 626. The van der Waals surface area contributed by atoms with Crippen molar-refractivity contribution in [2.45, 2.75) is 0 Å². The first-order chi connectivity index (χ1) is 11.7. The Hall–Kier alpha value is -2.73. The minimum Gasteiger partial charge on any atom is -0.497 e. The number of benzene rings is 2. The zero-order valence-electron chi connectivity index (χ0n) is 13.9. The standard InChI is InChI=1S/C18H22N2O4/c1-22-15-5-3-14(4-6-15)20-18(21)13-19-11-12-24-17-9-7-16(23-2)8-10-17/h3-10,19H,11-13H2,1-2H3,(H,20,21). The molecule has 0 fully saturated rings. The van der Waals surface area contributed by atoms with Crippen LogP contribution < -0.4 is 24.8 Å². The molecule has 2 aromatic carbocycles. The molecule has 24 heavy (non-hydrogen) atoms. The summed E-state index contributed by atoms with van der Waals surface area (Å²) in [5.41, 5.74) is 0.733. The lowest BCUT2D eigenvalue weighted by Crippen LogP contribution is -2.31. The number of nitrogens with one attached hydrogen (secondary N) is 2. The number of anilines is 1. The molecule has 0 radical (unpaired) electrons. The van der Waals surface area contributed by atoms with E-state index in [2.05, 4.69) is 10.6 Å². The van der Waals surface area contributed by atoms with Crippen molar-refractivity contribution in [3.8, 4) is 17.2 Å². The van der Waals surface area contributed by atoms with Crippen LogP contribution in [-0.4, -0.2) is 39.8 Å². The molecule has 2 N–H and O–H groups in total. The molecule has 1 amide bonds. The van der Waals surface area contributed by atoms with E-state index in [0.717, 1.165) is 22.9 Å². The average molecular weight is 330 g/mol. The third kappa shape index (κ3) is 5.81. The number of ether oxygens (including phenoxy) is 3. The highest BCUT2D eigenvalue weighted by Gasteiger charge is 2.02. The van der Waals surface area contributed by atoms with Crippen LogP contribution in [0.2, 0.25) is 0 Å². The fourth-order valence-corrected chi connectivity index (χ4v) is 1.99. The average Bonchev–Trinajstić information content (AvgIpc) is 2.62. The normalized spacial score (nSPS) is 10.1. The van der Waals surface area contributed by atoms with E-state index in [1.165, 1.54) is 0 Å². The van der Waals surface area contributed by atoms with Gasteiger partial charge >= 0.3 is 0 Å². The van der Waals surface area contributed by atoms with Crippen molar-refractivity contribution < 1.29 is 19.0 Å². The van der Waals surface area contributed by atoms with Crippen LogP contribution in [0.3, 0.4) is 0 Å². The number of hydrogen-bond acceptors (Lipinski definition) is 5. The minimum absolute atomic E-state index is 0.107. The van der Waals surface area contributed by atoms with E-state index < -0.39 is 0 Å². The maximum absolute atomic E-state index is 11.8. The fraction of sp³-hybridized carbons (Fsp3) is 0.278. The maximum Gasteiger partial charge on any atom is 0.238 e. The van der Waals surface area contributed by atoms with Crippen LogP contribution in [0.25, 0.3) is 0 Å². The SMILES string of the molecule is COc1ccc(NC(=O)CNCCOc2ccc(OC)cc2)cc1. The van der Waals surface area contributed by atoms with Crippen molar-refractivity contribution in [3.05, 3.63) is 48.5 Å². The molecule has 0 saturated carbocycles. The summed E-state index contributed by atoms with van der Waals surface area (Å²) in [5.74, 6) is 2.20. The van der Waals surface area contributed by atoms with Crippen LogP contribution in [0.4, 0.5) is 5.69 Å². The van der Waals surface area contributed by atoms with Gasteiger partial charge in [-0.05, 0) is 48.5 Å². The van der Waals surface area contributed by atoms with E-state index in [4.69, 9.17) is 14.2 Å². The first-order valence-electron chi connectivity index (χ1n) is 7.63. The molecule has 2 aromatic rings. The number of methoxy groups -OCH3 is 2.